The van der Waals surface area contributed by atoms with E-state index in [9.17, 15) is 14.4 Å². The average molecular weight is 448 g/mol. The van der Waals surface area contributed by atoms with Gasteiger partial charge in [0.1, 0.15) is 17.5 Å². The molecule has 1 fully saturated rings. The van der Waals surface area contributed by atoms with Crippen molar-refractivity contribution in [3.05, 3.63) is 35.4 Å². The van der Waals surface area contributed by atoms with Gasteiger partial charge in [0.05, 0.1) is 0 Å². The van der Waals surface area contributed by atoms with Crippen LogP contribution in [0.4, 0.5) is 0 Å². The number of amides is 3. The van der Waals surface area contributed by atoms with Crippen molar-refractivity contribution < 1.29 is 19.1 Å². The normalized spacial score (nSPS) is 23.1. The van der Waals surface area contributed by atoms with Crippen LogP contribution in [0.5, 0.6) is 0 Å². The smallest absolute Gasteiger partial charge is 0.256 e. The van der Waals surface area contributed by atoms with Gasteiger partial charge in [-0.3, -0.25) is 14.4 Å². The molecular formula is C23H33N3O4S. The summed E-state index contributed by atoms with van der Waals surface area (Å²) < 4.78 is 4.54. The molecule has 0 saturated carbocycles. The fourth-order valence-electron chi connectivity index (χ4n) is 4.28. The number of benzene rings is 1. The molecule has 0 aromatic heterocycles. The number of hydrogen-bond acceptors (Lipinski definition) is 5. The van der Waals surface area contributed by atoms with Gasteiger partial charge in [0.25, 0.3) is 5.91 Å². The van der Waals surface area contributed by atoms with E-state index in [2.05, 4.69) is 10.6 Å². The average Bonchev–Trinajstić information content (AvgIpc) is 3.18. The number of rotatable bonds is 9. The zero-order valence-electron chi connectivity index (χ0n) is 18.9. The largest absolute Gasteiger partial charge is 0.385 e. The maximum absolute atomic E-state index is 13.5. The van der Waals surface area contributed by atoms with Crippen molar-refractivity contribution in [3.63, 3.8) is 0 Å². The predicted molar refractivity (Wildman–Crippen MR) is 122 cm³/mol. The Hall–Kier alpha value is -2.06. The number of methoxy groups -OCH3 is 1. The molecule has 2 N–H and O–H groups in total. The second-order valence-electron chi connectivity index (χ2n) is 8.79. The molecule has 0 bridgehead atoms. The Morgan fingerprint density at radius 1 is 1.29 bits per heavy atom. The molecule has 0 aliphatic carbocycles. The lowest BCUT2D eigenvalue weighted by Crippen LogP contribution is -2.58. The molecule has 7 nitrogen and oxygen atoms in total. The standard InChI is InChI=1S/C23H33N3O4S/c1-6-14(2)17(19(27)24-12-9-13-30-5)25-20(28)18-23(3,4)31-22-16-11-8-7-10-15(16)21(29)26(18)22/h7-8,10-11,14,17-18,22H,6,9,12-13H2,1-5H3,(H,24,27)(H,25,28). The van der Waals surface area contributed by atoms with E-state index < -0.39 is 16.8 Å². The Balaban J connectivity index is 1.78. The third-order valence-corrected chi connectivity index (χ3v) is 7.70. The molecule has 2 aliphatic heterocycles. The SMILES string of the molecule is CCC(C)C(NC(=O)C1N2C(=O)c3ccccc3C2SC1(C)C)C(=O)NCCCOC. The van der Waals surface area contributed by atoms with Crippen LogP contribution < -0.4 is 10.6 Å². The Labute approximate surface area is 188 Å². The van der Waals surface area contributed by atoms with E-state index in [1.54, 1.807) is 23.8 Å². The molecule has 1 aromatic carbocycles. The van der Waals surface area contributed by atoms with Crippen molar-refractivity contribution in [2.45, 2.75) is 62.7 Å². The second kappa shape index (κ2) is 9.61. The minimum absolute atomic E-state index is 0.0363. The van der Waals surface area contributed by atoms with Crippen LogP contribution in [0.25, 0.3) is 0 Å². The second-order valence-corrected chi connectivity index (χ2v) is 10.5. The monoisotopic (exact) mass is 447 g/mol. The Morgan fingerprint density at radius 2 is 2.00 bits per heavy atom. The van der Waals surface area contributed by atoms with Gasteiger partial charge in [-0.05, 0) is 37.8 Å². The molecule has 8 heteroatoms. The highest BCUT2D eigenvalue weighted by Crippen LogP contribution is 2.56. The molecule has 3 rings (SSSR count). The molecule has 1 aromatic rings. The molecule has 31 heavy (non-hydrogen) atoms. The summed E-state index contributed by atoms with van der Waals surface area (Å²) in [5, 5.41) is 5.69. The van der Waals surface area contributed by atoms with Crippen LogP contribution in [-0.4, -0.2) is 59.7 Å². The molecule has 1 saturated heterocycles. The van der Waals surface area contributed by atoms with Crippen molar-refractivity contribution in [1.82, 2.24) is 15.5 Å². The summed E-state index contributed by atoms with van der Waals surface area (Å²) in [6, 6.07) is 6.22. The lowest BCUT2D eigenvalue weighted by molar-refractivity contribution is -0.133. The summed E-state index contributed by atoms with van der Waals surface area (Å²) in [6.07, 6.45) is 1.45. The fraction of sp³-hybridized carbons (Fsp3) is 0.609. The lowest BCUT2D eigenvalue weighted by atomic mass is 9.95. The fourth-order valence-corrected chi connectivity index (χ4v) is 5.87. The van der Waals surface area contributed by atoms with E-state index in [0.29, 0.717) is 25.1 Å². The van der Waals surface area contributed by atoms with Crippen molar-refractivity contribution in [1.29, 1.82) is 0 Å². The third kappa shape index (κ3) is 4.60. The van der Waals surface area contributed by atoms with Gasteiger partial charge >= 0.3 is 0 Å². The number of thioether (sulfide) groups is 1. The van der Waals surface area contributed by atoms with Crippen LogP contribution in [0, 0.1) is 5.92 Å². The number of ether oxygens (including phenoxy) is 1. The maximum atomic E-state index is 13.5. The molecule has 4 unspecified atom stereocenters. The molecule has 0 spiro atoms. The summed E-state index contributed by atoms with van der Waals surface area (Å²) in [7, 11) is 1.62. The number of hydrogen-bond donors (Lipinski definition) is 2. The van der Waals surface area contributed by atoms with Gasteiger partial charge in [-0.2, -0.15) is 0 Å². The Kier molecular flexibility index (Phi) is 7.31. The zero-order valence-corrected chi connectivity index (χ0v) is 19.8. The number of nitrogens with zero attached hydrogens (tertiary/aromatic N) is 1. The van der Waals surface area contributed by atoms with E-state index in [-0.39, 0.29) is 29.0 Å². The Morgan fingerprint density at radius 3 is 2.68 bits per heavy atom. The lowest BCUT2D eigenvalue weighted by Gasteiger charge is -2.32. The first-order chi connectivity index (χ1) is 14.7. The molecule has 0 radical (unpaired) electrons. The van der Waals surface area contributed by atoms with Gasteiger partial charge in [0, 0.05) is 30.6 Å². The van der Waals surface area contributed by atoms with Gasteiger partial charge < -0.3 is 20.3 Å². The van der Waals surface area contributed by atoms with Gasteiger partial charge in [-0.15, -0.1) is 11.8 Å². The molecule has 3 amide bonds. The summed E-state index contributed by atoms with van der Waals surface area (Å²) in [5.41, 5.74) is 1.61. The van der Waals surface area contributed by atoms with E-state index in [4.69, 9.17) is 4.74 Å². The summed E-state index contributed by atoms with van der Waals surface area (Å²) >= 11 is 1.62. The van der Waals surface area contributed by atoms with Crippen molar-refractivity contribution >= 4 is 29.5 Å². The number of carbonyl (C=O) groups is 3. The highest BCUT2D eigenvalue weighted by molar-refractivity contribution is 8.01. The van der Waals surface area contributed by atoms with Crippen molar-refractivity contribution in [3.8, 4) is 0 Å². The van der Waals surface area contributed by atoms with Gasteiger partial charge in [0.2, 0.25) is 11.8 Å². The van der Waals surface area contributed by atoms with Crippen molar-refractivity contribution in [2.75, 3.05) is 20.3 Å². The van der Waals surface area contributed by atoms with Gasteiger partial charge in [-0.1, -0.05) is 38.5 Å². The van der Waals surface area contributed by atoms with Gasteiger partial charge in [-0.25, -0.2) is 0 Å². The zero-order chi connectivity index (χ0) is 22.8. The number of nitrogens with one attached hydrogen (secondary N) is 2. The van der Waals surface area contributed by atoms with Crippen LogP contribution >= 0.6 is 11.8 Å². The molecule has 170 valence electrons. The molecule has 4 atom stereocenters. The Bertz CT molecular complexity index is 844. The minimum Gasteiger partial charge on any atom is -0.385 e. The summed E-state index contributed by atoms with van der Waals surface area (Å²) in [4.78, 5) is 41.2. The summed E-state index contributed by atoms with van der Waals surface area (Å²) in [5.74, 6) is -0.637. The highest BCUT2D eigenvalue weighted by atomic mass is 32.2. The number of fused-ring (bicyclic) bond motifs is 3. The quantitative estimate of drug-likeness (QED) is 0.569. The van der Waals surface area contributed by atoms with E-state index in [1.807, 2.05) is 52.0 Å². The summed E-state index contributed by atoms with van der Waals surface area (Å²) in [6.45, 7) is 8.97. The van der Waals surface area contributed by atoms with Crippen LogP contribution in [0.15, 0.2) is 24.3 Å². The first-order valence-corrected chi connectivity index (χ1v) is 11.8. The van der Waals surface area contributed by atoms with Crippen LogP contribution in [-0.2, 0) is 14.3 Å². The van der Waals surface area contributed by atoms with Gasteiger partial charge in [0.15, 0.2) is 0 Å². The van der Waals surface area contributed by atoms with Crippen LogP contribution in [0.1, 0.15) is 61.8 Å². The molecule has 2 aliphatic rings. The van der Waals surface area contributed by atoms with Crippen molar-refractivity contribution in [2.24, 2.45) is 5.92 Å². The first-order valence-electron chi connectivity index (χ1n) is 10.9. The third-order valence-electron chi connectivity index (χ3n) is 6.16. The number of carbonyl (C=O) groups excluding carboxylic acids is 3. The van der Waals surface area contributed by atoms with Crippen LogP contribution in [0.3, 0.4) is 0 Å². The molecule has 2 heterocycles. The molecular weight excluding hydrogens is 414 g/mol. The predicted octanol–water partition coefficient (Wildman–Crippen LogP) is 2.72. The van der Waals surface area contributed by atoms with E-state index in [1.165, 1.54) is 0 Å². The topological polar surface area (TPSA) is 87.7 Å². The maximum Gasteiger partial charge on any atom is 0.256 e. The first kappa shape index (κ1) is 23.6. The van der Waals surface area contributed by atoms with Crippen LogP contribution in [0.2, 0.25) is 0 Å². The minimum atomic E-state index is -0.657. The van der Waals surface area contributed by atoms with E-state index >= 15 is 0 Å². The van der Waals surface area contributed by atoms with E-state index in [0.717, 1.165) is 12.0 Å². The highest BCUT2D eigenvalue weighted by Gasteiger charge is 2.57.